The van der Waals surface area contributed by atoms with E-state index in [9.17, 15) is 5.11 Å². The van der Waals surface area contributed by atoms with Crippen molar-refractivity contribution in [1.82, 2.24) is 5.32 Å². The predicted octanol–water partition coefficient (Wildman–Crippen LogP) is 3.73. The average molecular weight is 258 g/mol. The van der Waals surface area contributed by atoms with E-state index in [0.29, 0.717) is 11.8 Å². The molecule has 1 aromatic carbocycles. The van der Waals surface area contributed by atoms with E-state index in [-0.39, 0.29) is 17.8 Å². The standard InChI is InChI=1S/C14H23NO.ClH/c1-5-13(14(2,3)4)15-10-11-8-6-7-9-12(11)16;/h6-9,13,15-16H,5,10H2,1-4H3;1H. The van der Waals surface area contributed by atoms with Crippen LogP contribution in [0.4, 0.5) is 0 Å². The van der Waals surface area contributed by atoms with Gasteiger partial charge in [-0.05, 0) is 17.9 Å². The van der Waals surface area contributed by atoms with Gasteiger partial charge < -0.3 is 10.4 Å². The minimum absolute atomic E-state index is 0. The van der Waals surface area contributed by atoms with E-state index >= 15 is 0 Å². The van der Waals surface area contributed by atoms with Gasteiger partial charge in [-0.2, -0.15) is 0 Å². The minimum atomic E-state index is 0. The van der Waals surface area contributed by atoms with Crippen LogP contribution in [0.3, 0.4) is 0 Å². The lowest BCUT2D eigenvalue weighted by molar-refractivity contribution is 0.259. The number of aromatic hydroxyl groups is 1. The van der Waals surface area contributed by atoms with Crippen LogP contribution in [0.25, 0.3) is 0 Å². The van der Waals surface area contributed by atoms with Gasteiger partial charge in [0.25, 0.3) is 0 Å². The summed E-state index contributed by atoms with van der Waals surface area (Å²) in [6, 6.07) is 7.95. The first-order valence-electron chi connectivity index (χ1n) is 5.95. The SMILES string of the molecule is CCC(NCc1ccccc1O)C(C)(C)C.Cl. The highest BCUT2D eigenvalue weighted by atomic mass is 35.5. The van der Waals surface area contributed by atoms with E-state index < -0.39 is 0 Å². The number of phenols is 1. The molecule has 0 amide bonds. The van der Waals surface area contributed by atoms with Crippen LogP contribution in [0.15, 0.2) is 24.3 Å². The Hall–Kier alpha value is -0.730. The largest absolute Gasteiger partial charge is 0.508 e. The van der Waals surface area contributed by atoms with E-state index in [4.69, 9.17) is 0 Å². The lowest BCUT2D eigenvalue weighted by Gasteiger charge is -2.31. The number of para-hydroxylation sites is 1. The lowest BCUT2D eigenvalue weighted by atomic mass is 9.85. The molecule has 17 heavy (non-hydrogen) atoms. The molecule has 0 saturated carbocycles. The molecule has 0 aliphatic carbocycles. The fraction of sp³-hybridized carbons (Fsp3) is 0.571. The molecule has 3 heteroatoms. The molecule has 98 valence electrons. The normalized spacial score (nSPS) is 12.9. The second-order valence-electron chi connectivity index (χ2n) is 5.34. The number of hydrogen-bond donors (Lipinski definition) is 2. The maximum Gasteiger partial charge on any atom is 0.120 e. The van der Waals surface area contributed by atoms with E-state index in [1.54, 1.807) is 6.07 Å². The first-order valence-corrected chi connectivity index (χ1v) is 5.95. The van der Waals surface area contributed by atoms with Gasteiger partial charge in [-0.1, -0.05) is 45.9 Å². The second-order valence-corrected chi connectivity index (χ2v) is 5.34. The smallest absolute Gasteiger partial charge is 0.120 e. The van der Waals surface area contributed by atoms with Crippen molar-refractivity contribution in [2.75, 3.05) is 0 Å². The van der Waals surface area contributed by atoms with Crippen LogP contribution in [0.2, 0.25) is 0 Å². The van der Waals surface area contributed by atoms with Gasteiger partial charge in [-0.25, -0.2) is 0 Å². The number of phenolic OH excluding ortho intramolecular Hbond substituents is 1. The van der Waals surface area contributed by atoms with Gasteiger partial charge in [0.15, 0.2) is 0 Å². The molecule has 0 radical (unpaired) electrons. The molecule has 1 aromatic rings. The van der Waals surface area contributed by atoms with Crippen molar-refractivity contribution >= 4 is 12.4 Å². The van der Waals surface area contributed by atoms with Crippen molar-refractivity contribution in [3.63, 3.8) is 0 Å². The summed E-state index contributed by atoms with van der Waals surface area (Å²) in [5.41, 5.74) is 1.21. The quantitative estimate of drug-likeness (QED) is 0.862. The van der Waals surface area contributed by atoms with Crippen molar-refractivity contribution in [3.8, 4) is 5.75 Å². The molecule has 0 aromatic heterocycles. The first-order chi connectivity index (χ1) is 7.45. The molecule has 0 bridgehead atoms. The first kappa shape index (κ1) is 16.3. The summed E-state index contributed by atoms with van der Waals surface area (Å²) in [5.74, 6) is 0.374. The molecule has 0 fully saturated rings. The summed E-state index contributed by atoms with van der Waals surface area (Å²) < 4.78 is 0. The van der Waals surface area contributed by atoms with Gasteiger partial charge in [0.2, 0.25) is 0 Å². The summed E-state index contributed by atoms with van der Waals surface area (Å²) in [6.07, 6.45) is 1.09. The van der Waals surface area contributed by atoms with E-state index in [2.05, 4.69) is 33.0 Å². The summed E-state index contributed by atoms with van der Waals surface area (Å²) in [6.45, 7) is 9.62. The highest BCUT2D eigenvalue weighted by molar-refractivity contribution is 5.85. The number of hydrogen-bond acceptors (Lipinski definition) is 2. The Balaban J connectivity index is 0.00000256. The van der Waals surface area contributed by atoms with Gasteiger partial charge in [-0.3, -0.25) is 0 Å². The molecule has 0 heterocycles. The summed E-state index contributed by atoms with van der Waals surface area (Å²) in [7, 11) is 0. The molecule has 1 rings (SSSR count). The molecule has 2 nitrogen and oxygen atoms in total. The van der Waals surface area contributed by atoms with E-state index in [0.717, 1.165) is 18.5 Å². The van der Waals surface area contributed by atoms with Crippen LogP contribution < -0.4 is 5.32 Å². The van der Waals surface area contributed by atoms with Crippen molar-refractivity contribution in [1.29, 1.82) is 0 Å². The number of halogens is 1. The van der Waals surface area contributed by atoms with Crippen LogP contribution in [0.1, 0.15) is 39.7 Å². The number of rotatable bonds is 4. The van der Waals surface area contributed by atoms with Crippen LogP contribution >= 0.6 is 12.4 Å². The third-order valence-corrected chi connectivity index (χ3v) is 2.98. The maximum atomic E-state index is 9.66. The van der Waals surface area contributed by atoms with Gasteiger partial charge in [-0.15, -0.1) is 12.4 Å². The highest BCUT2D eigenvalue weighted by Crippen LogP contribution is 2.23. The van der Waals surface area contributed by atoms with E-state index in [1.807, 2.05) is 18.2 Å². The molecule has 1 atom stereocenters. The lowest BCUT2D eigenvalue weighted by Crippen LogP contribution is -2.39. The minimum Gasteiger partial charge on any atom is -0.508 e. The third-order valence-electron chi connectivity index (χ3n) is 2.98. The van der Waals surface area contributed by atoms with Crippen LogP contribution in [-0.2, 0) is 6.54 Å². The Morgan fingerprint density at radius 2 is 1.82 bits per heavy atom. The van der Waals surface area contributed by atoms with Crippen LogP contribution in [-0.4, -0.2) is 11.1 Å². The molecule has 0 aliphatic heterocycles. The third kappa shape index (κ3) is 4.97. The summed E-state index contributed by atoms with van der Waals surface area (Å²) >= 11 is 0. The van der Waals surface area contributed by atoms with Crippen molar-refractivity contribution in [2.45, 2.75) is 46.7 Å². The van der Waals surface area contributed by atoms with Crippen LogP contribution in [0.5, 0.6) is 5.75 Å². The molecule has 0 saturated heterocycles. The predicted molar refractivity (Wildman–Crippen MR) is 75.7 cm³/mol. The fourth-order valence-corrected chi connectivity index (χ4v) is 1.96. The second kappa shape index (κ2) is 6.87. The Morgan fingerprint density at radius 3 is 2.29 bits per heavy atom. The number of nitrogens with one attached hydrogen (secondary N) is 1. The van der Waals surface area contributed by atoms with Crippen molar-refractivity contribution in [2.24, 2.45) is 5.41 Å². The Bertz CT molecular complexity index is 333. The van der Waals surface area contributed by atoms with Gasteiger partial charge >= 0.3 is 0 Å². The van der Waals surface area contributed by atoms with Gasteiger partial charge in [0.1, 0.15) is 5.75 Å². The van der Waals surface area contributed by atoms with Gasteiger partial charge in [0.05, 0.1) is 0 Å². The molecular formula is C14H24ClNO. The Morgan fingerprint density at radius 1 is 1.24 bits per heavy atom. The zero-order valence-corrected chi connectivity index (χ0v) is 12.0. The molecule has 2 N–H and O–H groups in total. The average Bonchev–Trinajstić information content (AvgIpc) is 2.19. The topological polar surface area (TPSA) is 32.3 Å². The summed E-state index contributed by atoms with van der Waals surface area (Å²) in [5, 5.41) is 13.2. The summed E-state index contributed by atoms with van der Waals surface area (Å²) in [4.78, 5) is 0. The van der Waals surface area contributed by atoms with Crippen molar-refractivity contribution in [3.05, 3.63) is 29.8 Å². The van der Waals surface area contributed by atoms with Crippen LogP contribution in [0, 0.1) is 5.41 Å². The highest BCUT2D eigenvalue weighted by Gasteiger charge is 2.22. The fourth-order valence-electron chi connectivity index (χ4n) is 1.96. The Kier molecular flexibility index (Phi) is 6.58. The Labute approximate surface area is 111 Å². The monoisotopic (exact) mass is 257 g/mol. The molecule has 0 spiro atoms. The van der Waals surface area contributed by atoms with Crippen molar-refractivity contribution < 1.29 is 5.11 Å². The van der Waals surface area contributed by atoms with Gasteiger partial charge in [0, 0.05) is 18.2 Å². The molecular weight excluding hydrogens is 234 g/mol. The zero-order chi connectivity index (χ0) is 12.2. The molecule has 0 aliphatic rings. The zero-order valence-electron chi connectivity index (χ0n) is 11.2. The van der Waals surface area contributed by atoms with E-state index in [1.165, 1.54) is 0 Å². The number of benzene rings is 1. The maximum absolute atomic E-state index is 9.66. The molecule has 1 unspecified atom stereocenters.